The summed E-state index contributed by atoms with van der Waals surface area (Å²) in [5, 5.41) is 6.57. The molecule has 0 aromatic rings. The van der Waals surface area contributed by atoms with Crippen molar-refractivity contribution in [2.24, 2.45) is 4.99 Å². The first-order chi connectivity index (χ1) is 7.06. The van der Waals surface area contributed by atoms with E-state index in [4.69, 9.17) is 4.74 Å². The first-order valence-electron chi connectivity index (χ1n) is 5.62. The molecule has 0 heterocycles. The van der Waals surface area contributed by atoms with E-state index in [0.29, 0.717) is 12.1 Å². The minimum Gasteiger partial charge on any atom is -0.385 e. The lowest BCUT2D eigenvalue weighted by molar-refractivity contribution is 0.197. The van der Waals surface area contributed by atoms with Crippen LogP contribution >= 0.6 is 0 Å². The van der Waals surface area contributed by atoms with Gasteiger partial charge in [-0.3, -0.25) is 4.99 Å². The first kappa shape index (κ1) is 14.2. The van der Waals surface area contributed by atoms with Crippen LogP contribution in [0.4, 0.5) is 0 Å². The predicted octanol–water partition coefficient (Wildman–Crippen LogP) is 1.37. The minimum absolute atomic E-state index is 0.400. The number of nitrogens with one attached hydrogen (secondary N) is 2. The highest BCUT2D eigenvalue weighted by molar-refractivity contribution is 5.80. The Morgan fingerprint density at radius 2 is 1.67 bits per heavy atom. The van der Waals surface area contributed by atoms with Crippen LogP contribution in [0, 0.1) is 0 Å². The third kappa shape index (κ3) is 9.53. The molecular formula is C11H25N3O. The second-order valence-electron chi connectivity index (χ2n) is 4.17. The van der Waals surface area contributed by atoms with E-state index >= 15 is 0 Å². The fraction of sp³-hybridized carbons (Fsp3) is 0.909. The van der Waals surface area contributed by atoms with Gasteiger partial charge in [0.2, 0.25) is 0 Å². The molecule has 4 heteroatoms. The van der Waals surface area contributed by atoms with Gasteiger partial charge in [-0.15, -0.1) is 0 Å². The van der Waals surface area contributed by atoms with Crippen molar-refractivity contribution in [1.82, 2.24) is 10.6 Å². The van der Waals surface area contributed by atoms with Crippen molar-refractivity contribution in [2.45, 2.75) is 46.2 Å². The van der Waals surface area contributed by atoms with Crippen LogP contribution in [-0.2, 0) is 4.74 Å². The molecule has 90 valence electrons. The highest BCUT2D eigenvalue weighted by Crippen LogP contribution is 1.86. The summed E-state index contributed by atoms with van der Waals surface area (Å²) >= 11 is 0. The zero-order valence-electron chi connectivity index (χ0n) is 10.6. The number of ether oxygens (including phenoxy) is 1. The van der Waals surface area contributed by atoms with E-state index in [1.54, 1.807) is 7.11 Å². The molecule has 0 bridgehead atoms. The molecule has 2 N–H and O–H groups in total. The number of hydrogen-bond donors (Lipinski definition) is 2. The van der Waals surface area contributed by atoms with Gasteiger partial charge in [0.15, 0.2) is 5.96 Å². The molecule has 0 saturated heterocycles. The molecule has 0 amide bonds. The average molecular weight is 215 g/mol. The molecule has 0 radical (unpaired) electrons. The van der Waals surface area contributed by atoms with Crippen LogP contribution in [-0.4, -0.2) is 38.3 Å². The molecule has 4 nitrogen and oxygen atoms in total. The van der Waals surface area contributed by atoms with Crippen LogP contribution in [0.2, 0.25) is 0 Å². The van der Waals surface area contributed by atoms with Crippen LogP contribution < -0.4 is 10.6 Å². The summed E-state index contributed by atoms with van der Waals surface area (Å²) in [7, 11) is 1.71. The van der Waals surface area contributed by atoms with Gasteiger partial charge >= 0.3 is 0 Å². The molecule has 0 aromatic heterocycles. The molecular weight excluding hydrogens is 190 g/mol. The number of aliphatic imine (C=N–C) groups is 1. The average Bonchev–Trinajstić information content (AvgIpc) is 2.10. The van der Waals surface area contributed by atoms with E-state index in [2.05, 4.69) is 43.3 Å². The van der Waals surface area contributed by atoms with Gasteiger partial charge in [-0.25, -0.2) is 0 Å². The van der Waals surface area contributed by atoms with Crippen molar-refractivity contribution in [3.8, 4) is 0 Å². The third-order valence-electron chi connectivity index (χ3n) is 1.63. The van der Waals surface area contributed by atoms with E-state index in [0.717, 1.165) is 25.5 Å². The highest BCUT2D eigenvalue weighted by Gasteiger charge is 2.01. The largest absolute Gasteiger partial charge is 0.385 e. The Hall–Kier alpha value is -0.770. The molecule has 0 atom stereocenters. The third-order valence-corrected chi connectivity index (χ3v) is 1.63. The van der Waals surface area contributed by atoms with E-state index in [1.807, 2.05) is 0 Å². The SMILES string of the molecule is COCCCN=C(NC(C)C)NC(C)C. The van der Waals surface area contributed by atoms with E-state index < -0.39 is 0 Å². The summed E-state index contributed by atoms with van der Waals surface area (Å²) in [6.45, 7) is 9.97. The van der Waals surface area contributed by atoms with Crippen LogP contribution in [0.5, 0.6) is 0 Å². The topological polar surface area (TPSA) is 45.6 Å². The second kappa shape index (κ2) is 8.53. The quantitative estimate of drug-likeness (QED) is 0.400. The van der Waals surface area contributed by atoms with Gasteiger partial charge in [-0.05, 0) is 34.1 Å². The minimum atomic E-state index is 0.400. The van der Waals surface area contributed by atoms with Crippen molar-refractivity contribution in [1.29, 1.82) is 0 Å². The molecule has 0 aliphatic carbocycles. The Morgan fingerprint density at radius 3 is 2.07 bits per heavy atom. The standard InChI is InChI=1S/C11H25N3O/c1-9(2)13-11(14-10(3)4)12-7-6-8-15-5/h9-10H,6-8H2,1-5H3,(H2,12,13,14). The number of guanidine groups is 1. The fourth-order valence-electron chi connectivity index (χ4n) is 1.08. The lowest BCUT2D eigenvalue weighted by Crippen LogP contribution is -2.44. The first-order valence-corrected chi connectivity index (χ1v) is 5.62. The molecule has 0 fully saturated rings. The Labute approximate surface area is 93.5 Å². The van der Waals surface area contributed by atoms with Crippen LogP contribution in [0.25, 0.3) is 0 Å². The predicted molar refractivity (Wildman–Crippen MR) is 65.3 cm³/mol. The van der Waals surface area contributed by atoms with Gasteiger partial charge in [0.1, 0.15) is 0 Å². The van der Waals surface area contributed by atoms with Crippen LogP contribution in [0.3, 0.4) is 0 Å². The number of hydrogen-bond acceptors (Lipinski definition) is 2. The van der Waals surface area contributed by atoms with Crippen molar-refractivity contribution in [3.63, 3.8) is 0 Å². The monoisotopic (exact) mass is 215 g/mol. The maximum absolute atomic E-state index is 4.98. The number of methoxy groups -OCH3 is 1. The van der Waals surface area contributed by atoms with Gasteiger partial charge < -0.3 is 15.4 Å². The van der Waals surface area contributed by atoms with Crippen LogP contribution in [0.15, 0.2) is 4.99 Å². The Bertz CT molecular complexity index is 167. The molecule has 0 aliphatic heterocycles. The van der Waals surface area contributed by atoms with Crippen LogP contribution in [0.1, 0.15) is 34.1 Å². The lowest BCUT2D eigenvalue weighted by Gasteiger charge is -2.17. The molecule has 15 heavy (non-hydrogen) atoms. The molecule has 0 aromatic carbocycles. The van der Waals surface area contributed by atoms with Gasteiger partial charge in [-0.1, -0.05) is 0 Å². The van der Waals surface area contributed by atoms with Gasteiger partial charge in [0.05, 0.1) is 0 Å². The fourth-order valence-corrected chi connectivity index (χ4v) is 1.08. The maximum Gasteiger partial charge on any atom is 0.191 e. The highest BCUT2D eigenvalue weighted by atomic mass is 16.5. The molecule has 0 spiro atoms. The summed E-state index contributed by atoms with van der Waals surface area (Å²) in [6.07, 6.45) is 0.958. The van der Waals surface area contributed by atoms with E-state index in [1.165, 1.54) is 0 Å². The van der Waals surface area contributed by atoms with Gasteiger partial charge in [0.25, 0.3) is 0 Å². The van der Waals surface area contributed by atoms with Crippen molar-refractivity contribution >= 4 is 5.96 Å². The van der Waals surface area contributed by atoms with Gasteiger partial charge in [0, 0.05) is 32.3 Å². The van der Waals surface area contributed by atoms with E-state index in [9.17, 15) is 0 Å². The van der Waals surface area contributed by atoms with E-state index in [-0.39, 0.29) is 0 Å². The summed E-state index contributed by atoms with van der Waals surface area (Å²) in [4.78, 5) is 4.46. The molecule has 0 rings (SSSR count). The molecule has 0 unspecified atom stereocenters. The Kier molecular flexibility index (Phi) is 8.09. The summed E-state index contributed by atoms with van der Waals surface area (Å²) in [5.74, 6) is 0.885. The number of rotatable bonds is 6. The summed E-state index contributed by atoms with van der Waals surface area (Å²) in [6, 6.07) is 0.801. The molecule has 0 aliphatic rings. The Morgan fingerprint density at radius 1 is 1.13 bits per heavy atom. The zero-order valence-corrected chi connectivity index (χ0v) is 10.6. The second-order valence-corrected chi connectivity index (χ2v) is 4.17. The van der Waals surface area contributed by atoms with Crippen molar-refractivity contribution in [2.75, 3.05) is 20.3 Å². The zero-order chi connectivity index (χ0) is 11.7. The maximum atomic E-state index is 4.98. The molecule has 0 saturated carbocycles. The summed E-state index contributed by atoms with van der Waals surface area (Å²) < 4.78 is 4.98. The smallest absolute Gasteiger partial charge is 0.191 e. The lowest BCUT2D eigenvalue weighted by atomic mass is 10.4. The van der Waals surface area contributed by atoms with Crippen molar-refractivity contribution < 1.29 is 4.74 Å². The Balaban J connectivity index is 3.97. The summed E-state index contributed by atoms with van der Waals surface area (Å²) in [5.41, 5.74) is 0. The van der Waals surface area contributed by atoms with Gasteiger partial charge in [-0.2, -0.15) is 0 Å². The van der Waals surface area contributed by atoms with Crippen molar-refractivity contribution in [3.05, 3.63) is 0 Å². The normalized spacial score (nSPS) is 10.6. The number of nitrogens with zero attached hydrogens (tertiary/aromatic N) is 1.